The Kier molecular flexibility index (Phi) is 2.67. The van der Waals surface area contributed by atoms with E-state index in [-0.39, 0.29) is 0 Å². The van der Waals surface area contributed by atoms with Crippen LogP contribution in [-0.2, 0) is 0 Å². The lowest BCUT2D eigenvalue weighted by molar-refractivity contribution is 0.931. The number of aryl methyl sites for hydroxylation is 1. The molecule has 78 valence electrons. The first kappa shape index (κ1) is 9.71. The molecule has 2 aromatic rings. The zero-order valence-corrected chi connectivity index (χ0v) is 8.94. The number of aromatic nitrogens is 3. The number of hydrogen-bond donors (Lipinski definition) is 1. The summed E-state index contributed by atoms with van der Waals surface area (Å²) in [4.78, 5) is 8.65. The van der Waals surface area contributed by atoms with Crippen molar-refractivity contribution in [3.8, 4) is 5.82 Å². The van der Waals surface area contributed by atoms with Crippen LogP contribution in [0.1, 0.15) is 12.7 Å². The Labute approximate surface area is 89.0 Å². The molecule has 0 spiro atoms. The first-order chi connectivity index (χ1) is 7.31. The summed E-state index contributed by atoms with van der Waals surface area (Å²) in [6.07, 6.45) is 3.68. The number of anilines is 1. The summed E-state index contributed by atoms with van der Waals surface area (Å²) in [6.45, 7) is 4.89. The van der Waals surface area contributed by atoms with Crippen LogP contribution in [0.5, 0.6) is 0 Å². The van der Waals surface area contributed by atoms with E-state index in [9.17, 15) is 0 Å². The molecule has 0 radical (unpaired) electrons. The van der Waals surface area contributed by atoms with E-state index in [0.717, 1.165) is 24.0 Å². The number of rotatable bonds is 3. The largest absolute Gasteiger partial charge is 0.370 e. The van der Waals surface area contributed by atoms with Crippen LogP contribution < -0.4 is 5.32 Å². The third-order valence-electron chi connectivity index (χ3n) is 2.16. The van der Waals surface area contributed by atoms with E-state index in [1.54, 1.807) is 6.20 Å². The molecule has 0 atom stereocenters. The number of nitrogens with one attached hydrogen (secondary N) is 1. The van der Waals surface area contributed by atoms with Gasteiger partial charge in [-0.05, 0) is 26.0 Å². The van der Waals surface area contributed by atoms with Crippen LogP contribution in [0.4, 0.5) is 5.82 Å². The predicted molar refractivity (Wildman–Crippen MR) is 60.3 cm³/mol. The minimum Gasteiger partial charge on any atom is -0.370 e. The quantitative estimate of drug-likeness (QED) is 0.827. The van der Waals surface area contributed by atoms with Crippen molar-refractivity contribution in [3.05, 3.63) is 36.4 Å². The van der Waals surface area contributed by atoms with Gasteiger partial charge >= 0.3 is 0 Å². The predicted octanol–water partition coefficient (Wildman–Crippen LogP) is 2.01. The highest BCUT2D eigenvalue weighted by Gasteiger charge is 2.01. The molecule has 1 N–H and O–H groups in total. The molecule has 2 heterocycles. The molecule has 0 unspecified atom stereocenters. The number of pyridine rings is 1. The van der Waals surface area contributed by atoms with Gasteiger partial charge in [0.15, 0.2) is 0 Å². The molecule has 0 saturated carbocycles. The first-order valence-electron chi connectivity index (χ1n) is 5.02. The number of hydrogen-bond acceptors (Lipinski definition) is 3. The van der Waals surface area contributed by atoms with Crippen molar-refractivity contribution >= 4 is 5.82 Å². The van der Waals surface area contributed by atoms with Crippen molar-refractivity contribution in [2.24, 2.45) is 0 Å². The van der Waals surface area contributed by atoms with Crippen molar-refractivity contribution in [2.75, 3.05) is 11.9 Å². The fourth-order valence-corrected chi connectivity index (χ4v) is 1.46. The topological polar surface area (TPSA) is 42.7 Å². The Morgan fingerprint density at radius 2 is 2.27 bits per heavy atom. The fraction of sp³-hybridized carbons (Fsp3) is 0.273. The fourth-order valence-electron chi connectivity index (χ4n) is 1.46. The molecule has 4 heteroatoms. The highest BCUT2D eigenvalue weighted by atomic mass is 15.1. The van der Waals surface area contributed by atoms with Crippen LogP contribution in [0.3, 0.4) is 0 Å². The second-order valence-electron chi connectivity index (χ2n) is 3.26. The Morgan fingerprint density at radius 3 is 2.93 bits per heavy atom. The van der Waals surface area contributed by atoms with E-state index < -0.39 is 0 Å². The van der Waals surface area contributed by atoms with Crippen LogP contribution >= 0.6 is 0 Å². The van der Waals surface area contributed by atoms with E-state index in [2.05, 4.69) is 22.2 Å². The Hall–Kier alpha value is -1.84. The van der Waals surface area contributed by atoms with Crippen LogP contribution in [0.25, 0.3) is 5.82 Å². The molecular formula is C11H14N4. The normalized spacial score (nSPS) is 10.3. The third kappa shape index (κ3) is 1.98. The third-order valence-corrected chi connectivity index (χ3v) is 2.16. The molecule has 0 aliphatic rings. The molecule has 2 rings (SSSR count). The molecule has 0 saturated heterocycles. The Balaban J connectivity index is 2.37. The first-order valence-corrected chi connectivity index (χ1v) is 5.02. The lowest BCUT2D eigenvalue weighted by Crippen LogP contribution is -2.03. The molecule has 0 bridgehead atoms. The van der Waals surface area contributed by atoms with Crippen molar-refractivity contribution < 1.29 is 0 Å². The summed E-state index contributed by atoms with van der Waals surface area (Å²) in [5.41, 5.74) is 0. The minimum atomic E-state index is 0.874. The highest BCUT2D eigenvalue weighted by Crippen LogP contribution is 2.10. The van der Waals surface area contributed by atoms with E-state index >= 15 is 0 Å². The molecule has 0 aliphatic carbocycles. The van der Waals surface area contributed by atoms with Crippen LogP contribution in [0, 0.1) is 6.92 Å². The van der Waals surface area contributed by atoms with Gasteiger partial charge in [-0.15, -0.1) is 0 Å². The number of imidazole rings is 1. The summed E-state index contributed by atoms with van der Waals surface area (Å²) in [5, 5.41) is 3.18. The van der Waals surface area contributed by atoms with Gasteiger partial charge in [0.1, 0.15) is 17.5 Å². The summed E-state index contributed by atoms with van der Waals surface area (Å²) in [6, 6.07) is 5.91. The maximum Gasteiger partial charge on any atom is 0.140 e. The molecule has 15 heavy (non-hydrogen) atoms. The van der Waals surface area contributed by atoms with E-state index in [4.69, 9.17) is 0 Å². The molecule has 2 aromatic heterocycles. The molecule has 0 amide bonds. The molecule has 0 fully saturated rings. The smallest absolute Gasteiger partial charge is 0.140 e. The van der Waals surface area contributed by atoms with Gasteiger partial charge in [0.25, 0.3) is 0 Å². The SMILES string of the molecule is CCNc1cccc(-n2ccnc2C)n1. The van der Waals surface area contributed by atoms with Crippen molar-refractivity contribution in [3.63, 3.8) is 0 Å². The summed E-state index contributed by atoms with van der Waals surface area (Å²) >= 11 is 0. The Bertz CT molecular complexity index is 447. The van der Waals surface area contributed by atoms with Crippen LogP contribution in [0.15, 0.2) is 30.6 Å². The minimum absolute atomic E-state index is 0.874. The van der Waals surface area contributed by atoms with Gasteiger partial charge in [-0.2, -0.15) is 0 Å². The lowest BCUT2D eigenvalue weighted by Gasteiger charge is -2.06. The second kappa shape index (κ2) is 4.13. The maximum atomic E-state index is 4.48. The standard InChI is InChI=1S/C11H14N4/c1-3-12-10-5-4-6-11(14-10)15-8-7-13-9(15)2/h4-8H,3H2,1-2H3,(H,12,14). The van der Waals surface area contributed by atoms with Gasteiger partial charge < -0.3 is 5.32 Å². The lowest BCUT2D eigenvalue weighted by atomic mass is 10.4. The van der Waals surface area contributed by atoms with Gasteiger partial charge in [-0.1, -0.05) is 6.07 Å². The summed E-state index contributed by atoms with van der Waals surface area (Å²) in [5.74, 6) is 2.72. The number of nitrogens with zero attached hydrogens (tertiary/aromatic N) is 3. The van der Waals surface area contributed by atoms with E-state index in [1.165, 1.54) is 0 Å². The summed E-state index contributed by atoms with van der Waals surface area (Å²) < 4.78 is 1.96. The maximum absolute atomic E-state index is 4.48. The van der Waals surface area contributed by atoms with Gasteiger partial charge in [0.2, 0.25) is 0 Å². The molecule has 4 nitrogen and oxygen atoms in total. The van der Waals surface area contributed by atoms with Crippen molar-refractivity contribution in [1.29, 1.82) is 0 Å². The highest BCUT2D eigenvalue weighted by molar-refractivity contribution is 5.40. The van der Waals surface area contributed by atoms with Gasteiger partial charge in [-0.25, -0.2) is 9.97 Å². The average molecular weight is 202 g/mol. The van der Waals surface area contributed by atoms with Gasteiger partial charge in [0.05, 0.1) is 0 Å². The van der Waals surface area contributed by atoms with Gasteiger partial charge in [0, 0.05) is 18.9 Å². The zero-order valence-electron chi connectivity index (χ0n) is 8.94. The molecule has 0 aromatic carbocycles. The van der Waals surface area contributed by atoms with E-state index in [1.807, 2.05) is 35.9 Å². The average Bonchev–Trinajstić information content (AvgIpc) is 2.65. The second-order valence-corrected chi connectivity index (χ2v) is 3.26. The van der Waals surface area contributed by atoms with Crippen LogP contribution in [-0.4, -0.2) is 21.1 Å². The van der Waals surface area contributed by atoms with Crippen molar-refractivity contribution in [1.82, 2.24) is 14.5 Å². The summed E-state index contributed by atoms with van der Waals surface area (Å²) in [7, 11) is 0. The van der Waals surface area contributed by atoms with Gasteiger partial charge in [-0.3, -0.25) is 4.57 Å². The monoisotopic (exact) mass is 202 g/mol. The van der Waals surface area contributed by atoms with E-state index in [0.29, 0.717) is 0 Å². The zero-order chi connectivity index (χ0) is 10.7. The van der Waals surface area contributed by atoms with Crippen LogP contribution in [0.2, 0.25) is 0 Å². The molecular weight excluding hydrogens is 188 g/mol. The Morgan fingerprint density at radius 1 is 1.40 bits per heavy atom. The molecule has 0 aliphatic heterocycles. The van der Waals surface area contributed by atoms with Crippen molar-refractivity contribution in [2.45, 2.75) is 13.8 Å².